The van der Waals surface area contributed by atoms with Crippen LogP contribution in [0.3, 0.4) is 0 Å². The van der Waals surface area contributed by atoms with Crippen molar-refractivity contribution in [2.45, 2.75) is 63.7 Å². The Hall–Kier alpha value is -0.380. The van der Waals surface area contributed by atoms with E-state index >= 15 is 0 Å². The molecule has 0 amide bonds. The molecular formula is C15H24N2S. The molecule has 1 aromatic heterocycles. The summed E-state index contributed by atoms with van der Waals surface area (Å²) < 4.78 is 0. The van der Waals surface area contributed by atoms with Gasteiger partial charge in [0.2, 0.25) is 0 Å². The Labute approximate surface area is 114 Å². The molecule has 2 bridgehead atoms. The zero-order valence-electron chi connectivity index (χ0n) is 11.3. The van der Waals surface area contributed by atoms with E-state index in [9.17, 15) is 0 Å². The maximum atomic E-state index is 3.75. The van der Waals surface area contributed by atoms with Gasteiger partial charge in [0.05, 0.1) is 0 Å². The molecule has 18 heavy (non-hydrogen) atoms. The highest BCUT2D eigenvalue weighted by atomic mass is 32.1. The summed E-state index contributed by atoms with van der Waals surface area (Å²) in [6, 6.07) is 6.87. The Bertz CT molecular complexity index is 351. The van der Waals surface area contributed by atoms with Crippen LogP contribution in [0.5, 0.6) is 0 Å². The molecule has 3 heterocycles. The van der Waals surface area contributed by atoms with E-state index in [4.69, 9.17) is 0 Å². The Morgan fingerprint density at radius 2 is 2.11 bits per heavy atom. The highest BCUT2D eigenvalue weighted by molar-refractivity contribution is 7.09. The van der Waals surface area contributed by atoms with Crippen LogP contribution in [0.2, 0.25) is 0 Å². The van der Waals surface area contributed by atoms with E-state index in [2.05, 4.69) is 34.7 Å². The van der Waals surface area contributed by atoms with E-state index in [1.807, 2.05) is 11.3 Å². The second-order valence-electron chi connectivity index (χ2n) is 5.81. The number of nitrogens with zero attached hydrogens (tertiary/aromatic N) is 1. The number of nitrogens with one attached hydrogen (secondary N) is 1. The van der Waals surface area contributed by atoms with E-state index in [1.165, 1.54) is 43.5 Å². The summed E-state index contributed by atoms with van der Waals surface area (Å²) in [7, 11) is 0. The summed E-state index contributed by atoms with van der Waals surface area (Å²) in [5.41, 5.74) is 0. The first-order valence-corrected chi connectivity index (χ1v) is 8.25. The van der Waals surface area contributed by atoms with Gasteiger partial charge in [-0.3, -0.25) is 4.90 Å². The van der Waals surface area contributed by atoms with Crippen molar-refractivity contribution < 1.29 is 0 Å². The lowest BCUT2D eigenvalue weighted by molar-refractivity contribution is 0.135. The van der Waals surface area contributed by atoms with Crippen molar-refractivity contribution >= 4 is 11.3 Å². The summed E-state index contributed by atoms with van der Waals surface area (Å²) in [6.07, 6.45) is 6.80. The van der Waals surface area contributed by atoms with Crippen molar-refractivity contribution in [2.75, 3.05) is 6.54 Å². The first-order valence-electron chi connectivity index (χ1n) is 7.37. The monoisotopic (exact) mass is 264 g/mol. The second kappa shape index (κ2) is 5.72. The van der Waals surface area contributed by atoms with Gasteiger partial charge in [0.15, 0.2) is 0 Å². The fourth-order valence-electron chi connectivity index (χ4n) is 3.61. The van der Waals surface area contributed by atoms with Crippen molar-refractivity contribution in [3.63, 3.8) is 0 Å². The maximum absolute atomic E-state index is 3.75. The summed E-state index contributed by atoms with van der Waals surface area (Å²) in [6.45, 7) is 4.72. The number of piperidine rings is 1. The number of rotatable bonds is 5. The number of thiophene rings is 1. The maximum Gasteiger partial charge on any atom is 0.0330 e. The van der Waals surface area contributed by atoms with E-state index in [0.29, 0.717) is 0 Å². The van der Waals surface area contributed by atoms with Gasteiger partial charge in [-0.2, -0.15) is 0 Å². The zero-order chi connectivity index (χ0) is 12.4. The molecule has 0 aliphatic carbocycles. The molecule has 2 nitrogen and oxygen atoms in total. The first kappa shape index (κ1) is 12.6. The topological polar surface area (TPSA) is 15.3 Å². The largest absolute Gasteiger partial charge is 0.311 e. The van der Waals surface area contributed by atoms with Gasteiger partial charge in [-0.25, -0.2) is 0 Å². The minimum absolute atomic E-state index is 0.802. The van der Waals surface area contributed by atoms with Crippen LogP contribution in [0.4, 0.5) is 0 Å². The van der Waals surface area contributed by atoms with Crippen LogP contribution >= 0.6 is 11.3 Å². The van der Waals surface area contributed by atoms with Gasteiger partial charge in [0.1, 0.15) is 0 Å². The SMILES string of the molecule is CCCN(Cc1cccs1)C1CC2CCC(C1)N2. The lowest BCUT2D eigenvalue weighted by Crippen LogP contribution is -2.48. The predicted molar refractivity (Wildman–Crippen MR) is 78.0 cm³/mol. The van der Waals surface area contributed by atoms with Crippen molar-refractivity contribution in [1.82, 2.24) is 10.2 Å². The summed E-state index contributed by atoms with van der Waals surface area (Å²) in [5.74, 6) is 0. The molecule has 2 fully saturated rings. The van der Waals surface area contributed by atoms with Crippen molar-refractivity contribution in [2.24, 2.45) is 0 Å². The Kier molecular flexibility index (Phi) is 4.02. The van der Waals surface area contributed by atoms with Gasteiger partial charge in [-0.05, 0) is 50.1 Å². The van der Waals surface area contributed by atoms with Crippen LogP contribution in [0.15, 0.2) is 17.5 Å². The van der Waals surface area contributed by atoms with Crippen LogP contribution < -0.4 is 5.32 Å². The Morgan fingerprint density at radius 1 is 1.33 bits per heavy atom. The second-order valence-corrected chi connectivity index (χ2v) is 6.85. The summed E-state index contributed by atoms with van der Waals surface area (Å²) >= 11 is 1.90. The van der Waals surface area contributed by atoms with Gasteiger partial charge < -0.3 is 5.32 Å². The smallest absolute Gasteiger partial charge is 0.0330 e. The van der Waals surface area contributed by atoms with Gasteiger partial charge >= 0.3 is 0 Å². The van der Waals surface area contributed by atoms with E-state index in [-0.39, 0.29) is 0 Å². The third-order valence-electron chi connectivity index (χ3n) is 4.41. The summed E-state index contributed by atoms with van der Waals surface area (Å²) in [4.78, 5) is 4.26. The van der Waals surface area contributed by atoms with Crippen LogP contribution in [0.25, 0.3) is 0 Å². The molecule has 1 aromatic rings. The van der Waals surface area contributed by atoms with Gasteiger partial charge in [0.25, 0.3) is 0 Å². The molecule has 1 N–H and O–H groups in total. The molecule has 100 valence electrons. The van der Waals surface area contributed by atoms with Crippen LogP contribution in [0, 0.1) is 0 Å². The predicted octanol–water partition coefficient (Wildman–Crippen LogP) is 3.24. The first-order chi connectivity index (χ1) is 8.85. The normalized spacial score (nSPS) is 31.1. The van der Waals surface area contributed by atoms with E-state index in [1.54, 1.807) is 0 Å². The number of fused-ring (bicyclic) bond motifs is 2. The molecular weight excluding hydrogens is 240 g/mol. The van der Waals surface area contributed by atoms with Crippen molar-refractivity contribution in [3.8, 4) is 0 Å². The van der Waals surface area contributed by atoms with Crippen LogP contribution in [0.1, 0.15) is 43.9 Å². The summed E-state index contributed by atoms with van der Waals surface area (Å²) in [5, 5.41) is 5.95. The van der Waals surface area contributed by atoms with Crippen LogP contribution in [-0.4, -0.2) is 29.6 Å². The quantitative estimate of drug-likeness (QED) is 0.878. The molecule has 3 rings (SSSR count). The third kappa shape index (κ3) is 2.79. The average Bonchev–Trinajstić information content (AvgIpc) is 2.99. The van der Waals surface area contributed by atoms with E-state index in [0.717, 1.165) is 24.7 Å². The molecule has 2 saturated heterocycles. The van der Waals surface area contributed by atoms with Gasteiger partial charge in [-0.15, -0.1) is 11.3 Å². The van der Waals surface area contributed by atoms with Crippen LogP contribution in [-0.2, 0) is 6.54 Å². The molecule has 0 saturated carbocycles. The molecule has 2 unspecified atom stereocenters. The standard InChI is InChI=1S/C15H24N2S/c1-2-7-17(11-15-4-3-8-18-15)14-9-12-5-6-13(10-14)16-12/h3-4,8,12-14,16H,2,5-7,9-11H2,1H3. The molecule has 2 aliphatic rings. The minimum atomic E-state index is 0.802. The average molecular weight is 264 g/mol. The fraction of sp³-hybridized carbons (Fsp3) is 0.733. The molecule has 0 spiro atoms. The lowest BCUT2D eigenvalue weighted by atomic mass is 9.98. The Balaban J connectivity index is 1.65. The lowest BCUT2D eigenvalue weighted by Gasteiger charge is -2.37. The number of hydrogen-bond donors (Lipinski definition) is 1. The fourth-order valence-corrected chi connectivity index (χ4v) is 4.34. The highest BCUT2D eigenvalue weighted by Crippen LogP contribution is 2.30. The molecule has 0 radical (unpaired) electrons. The highest BCUT2D eigenvalue weighted by Gasteiger charge is 2.35. The molecule has 2 atom stereocenters. The molecule has 2 aliphatic heterocycles. The molecule has 3 heteroatoms. The molecule has 0 aromatic carbocycles. The van der Waals surface area contributed by atoms with Crippen molar-refractivity contribution in [1.29, 1.82) is 0 Å². The van der Waals surface area contributed by atoms with Crippen molar-refractivity contribution in [3.05, 3.63) is 22.4 Å². The Morgan fingerprint density at radius 3 is 2.72 bits per heavy atom. The minimum Gasteiger partial charge on any atom is -0.311 e. The van der Waals surface area contributed by atoms with Gasteiger partial charge in [-0.1, -0.05) is 13.0 Å². The third-order valence-corrected chi connectivity index (χ3v) is 5.28. The van der Waals surface area contributed by atoms with Gasteiger partial charge in [0, 0.05) is 29.5 Å². The van der Waals surface area contributed by atoms with E-state index < -0.39 is 0 Å². The number of hydrogen-bond acceptors (Lipinski definition) is 3. The zero-order valence-corrected chi connectivity index (χ0v) is 12.1.